The Morgan fingerprint density at radius 2 is 2.00 bits per heavy atom. The van der Waals surface area contributed by atoms with Crippen LogP contribution in [0, 0.1) is 0 Å². The quantitative estimate of drug-likeness (QED) is 0.562. The standard InChI is InChI=1S/C13H22N2O2/c1-15(2)11-6-7-12(14)13(10-11)17-9-5-3-4-8-16/h6-7,10,16H,3-5,8-9,14H2,1-2H3. The van der Waals surface area contributed by atoms with Crippen LogP contribution >= 0.6 is 0 Å². The van der Waals surface area contributed by atoms with Crippen LogP contribution in [0.5, 0.6) is 5.75 Å². The first-order valence-electron chi connectivity index (χ1n) is 5.95. The van der Waals surface area contributed by atoms with Crippen LogP contribution in [0.3, 0.4) is 0 Å². The lowest BCUT2D eigenvalue weighted by Gasteiger charge is -2.15. The third-order valence-electron chi connectivity index (χ3n) is 2.57. The van der Waals surface area contributed by atoms with Gasteiger partial charge in [-0.1, -0.05) is 0 Å². The first-order valence-corrected chi connectivity index (χ1v) is 5.95. The lowest BCUT2D eigenvalue weighted by molar-refractivity contribution is 0.266. The Hall–Kier alpha value is -1.42. The number of aliphatic hydroxyl groups is 1. The van der Waals surface area contributed by atoms with E-state index in [9.17, 15) is 0 Å². The van der Waals surface area contributed by atoms with E-state index in [1.165, 1.54) is 0 Å². The molecule has 0 aromatic heterocycles. The predicted octanol–water partition coefficient (Wildman–Crippen LogP) is 1.88. The number of ether oxygens (including phenoxy) is 1. The lowest BCUT2D eigenvalue weighted by atomic mass is 10.2. The molecule has 96 valence electrons. The highest BCUT2D eigenvalue weighted by Crippen LogP contribution is 2.26. The fourth-order valence-electron chi connectivity index (χ4n) is 1.50. The topological polar surface area (TPSA) is 58.7 Å². The van der Waals surface area contributed by atoms with Gasteiger partial charge in [0.1, 0.15) is 5.75 Å². The molecule has 1 aromatic rings. The minimum atomic E-state index is 0.248. The maximum absolute atomic E-state index is 8.66. The molecule has 0 unspecified atom stereocenters. The zero-order chi connectivity index (χ0) is 12.7. The van der Waals surface area contributed by atoms with Crippen LogP contribution < -0.4 is 15.4 Å². The highest BCUT2D eigenvalue weighted by molar-refractivity contribution is 5.61. The summed E-state index contributed by atoms with van der Waals surface area (Å²) in [5.74, 6) is 0.736. The number of hydrogen-bond acceptors (Lipinski definition) is 4. The van der Waals surface area contributed by atoms with Crippen molar-refractivity contribution in [3.63, 3.8) is 0 Å². The molecular formula is C13H22N2O2. The molecule has 0 spiro atoms. The molecule has 4 nitrogen and oxygen atoms in total. The second-order valence-electron chi connectivity index (χ2n) is 4.25. The van der Waals surface area contributed by atoms with Gasteiger partial charge in [0.2, 0.25) is 0 Å². The molecule has 0 aliphatic heterocycles. The first kappa shape index (κ1) is 13.6. The Bertz CT molecular complexity index is 340. The number of benzene rings is 1. The zero-order valence-electron chi connectivity index (χ0n) is 10.6. The van der Waals surface area contributed by atoms with Crippen LogP contribution in [0.4, 0.5) is 11.4 Å². The first-order chi connectivity index (χ1) is 8.15. The number of nitrogens with zero attached hydrogens (tertiary/aromatic N) is 1. The van der Waals surface area contributed by atoms with Crippen LogP contribution in [0.15, 0.2) is 18.2 Å². The summed E-state index contributed by atoms with van der Waals surface area (Å²) in [6.45, 7) is 0.888. The number of nitrogen functional groups attached to an aromatic ring is 1. The highest BCUT2D eigenvalue weighted by atomic mass is 16.5. The summed E-state index contributed by atoms with van der Waals surface area (Å²) >= 11 is 0. The third kappa shape index (κ3) is 4.53. The molecule has 0 aliphatic rings. The van der Waals surface area contributed by atoms with Gasteiger partial charge in [0.15, 0.2) is 0 Å². The van der Waals surface area contributed by atoms with Gasteiger partial charge in [-0.3, -0.25) is 0 Å². The van der Waals surface area contributed by atoms with Gasteiger partial charge >= 0.3 is 0 Å². The van der Waals surface area contributed by atoms with Crippen LogP contribution in [0.1, 0.15) is 19.3 Å². The molecule has 0 heterocycles. The SMILES string of the molecule is CN(C)c1ccc(N)c(OCCCCCO)c1. The van der Waals surface area contributed by atoms with E-state index >= 15 is 0 Å². The number of nitrogens with two attached hydrogens (primary N) is 1. The largest absolute Gasteiger partial charge is 0.491 e. The van der Waals surface area contributed by atoms with Gasteiger partial charge in [-0.05, 0) is 31.4 Å². The van der Waals surface area contributed by atoms with E-state index in [1.807, 2.05) is 37.2 Å². The zero-order valence-corrected chi connectivity index (χ0v) is 10.6. The highest BCUT2D eigenvalue weighted by Gasteiger charge is 2.03. The van der Waals surface area contributed by atoms with E-state index in [0.29, 0.717) is 12.3 Å². The molecule has 0 saturated heterocycles. The second-order valence-corrected chi connectivity index (χ2v) is 4.25. The van der Waals surface area contributed by atoms with Gasteiger partial charge in [0, 0.05) is 32.5 Å². The van der Waals surface area contributed by atoms with Crippen molar-refractivity contribution in [3.05, 3.63) is 18.2 Å². The van der Waals surface area contributed by atoms with Gasteiger partial charge in [-0.2, -0.15) is 0 Å². The van der Waals surface area contributed by atoms with Crippen LogP contribution in [0.25, 0.3) is 0 Å². The number of unbranched alkanes of at least 4 members (excludes halogenated alkanes) is 2. The predicted molar refractivity (Wildman–Crippen MR) is 71.6 cm³/mol. The monoisotopic (exact) mass is 238 g/mol. The summed E-state index contributed by atoms with van der Waals surface area (Å²) in [5, 5.41) is 8.66. The normalized spacial score (nSPS) is 10.3. The van der Waals surface area contributed by atoms with Crippen molar-refractivity contribution in [2.24, 2.45) is 0 Å². The number of aliphatic hydroxyl groups excluding tert-OH is 1. The Kier molecular flexibility index (Phi) is 5.63. The molecule has 1 aromatic carbocycles. The molecule has 0 radical (unpaired) electrons. The molecule has 0 atom stereocenters. The van der Waals surface area contributed by atoms with Crippen molar-refractivity contribution in [2.45, 2.75) is 19.3 Å². The smallest absolute Gasteiger partial charge is 0.144 e. The summed E-state index contributed by atoms with van der Waals surface area (Å²) in [5.41, 5.74) is 7.59. The van der Waals surface area contributed by atoms with Crippen molar-refractivity contribution in [2.75, 3.05) is 37.9 Å². The lowest BCUT2D eigenvalue weighted by Crippen LogP contribution is -2.09. The van der Waals surface area contributed by atoms with E-state index in [1.54, 1.807) is 0 Å². The molecule has 17 heavy (non-hydrogen) atoms. The van der Waals surface area contributed by atoms with E-state index in [-0.39, 0.29) is 6.61 Å². The van der Waals surface area contributed by atoms with Gasteiger partial charge in [0.25, 0.3) is 0 Å². The minimum absolute atomic E-state index is 0.248. The Morgan fingerprint density at radius 1 is 1.24 bits per heavy atom. The van der Waals surface area contributed by atoms with Crippen LogP contribution in [-0.4, -0.2) is 32.4 Å². The maximum atomic E-state index is 8.66. The average molecular weight is 238 g/mol. The summed E-state index contributed by atoms with van der Waals surface area (Å²) in [7, 11) is 3.97. The van der Waals surface area contributed by atoms with Gasteiger partial charge in [0.05, 0.1) is 12.3 Å². The summed E-state index contributed by atoms with van der Waals surface area (Å²) < 4.78 is 5.64. The number of hydrogen-bond donors (Lipinski definition) is 2. The molecule has 0 bridgehead atoms. The van der Waals surface area contributed by atoms with Crippen molar-refractivity contribution >= 4 is 11.4 Å². The summed E-state index contributed by atoms with van der Waals surface area (Å²) in [4.78, 5) is 2.01. The van der Waals surface area contributed by atoms with Crippen molar-refractivity contribution < 1.29 is 9.84 Å². The van der Waals surface area contributed by atoms with Crippen molar-refractivity contribution in [1.82, 2.24) is 0 Å². The van der Waals surface area contributed by atoms with Crippen molar-refractivity contribution in [3.8, 4) is 5.75 Å². The van der Waals surface area contributed by atoms with E-state index < -0.39 is 0 Å². The Morgan fingerprint density at radius 3 is 2.65 bits per heavy atom. The fourth-order valence-corrected chi connectivity index (χ4v) is 1.50. The molecular weight excluding hydrogens is 216 g/mol. The van der Waals surface area contributed by atoms with Gasteiger partial charge in [-0.25, -0.2) is 0 Å². The third-order valence-corrected chi connectivity index (χ3v) is 2.57. The fraction of sp³-hybridized carbons (Fsp3) is 0.538. The average Bonchev–Trinajstić information content (AvgIpc) is 2.30. The molecule has 0 aliphatic carbocycles. The van der Waals surface area contributed by atoms with E-state index in [0.717, 1.165) is 30.7 Å². The van der Waals surface area contributed by atoms with Gasteiger partial charge < -0.3 is 20.5 Å². The van der Waals surface area contributed by atoms with E-state index in [2.05, 4.69) is 0 Å². The Balaban J connectivity index is 2.49. The molecule has 0 saturated carbocycles. The molecule has 0 amide bonds. The molecule has 1 rings (SSSR count). The van der Waals surface area contributed by atoms with Crippen molar-refractivity contribution in [1.29, 1.82) is 0 Å². The number of rotatable bonds is 7. The van der Waals surface area contributed by atoms with Gasteiger partial charge in [-0.15, -0.1) is 0 Å². The van der Waals surface area contributed by atoms with Crippen LogP contribution in [0.2, 0.25) is 0 Å². The Labute approximate surface area is 103 Å². The summed E-state index contributed by atoms with van der Waals surface area (Å²) in [6.07, 6.45) is 2.74. The second kappa shape index (κ2) is 7.01. The molecule has 0 fully saturated rings. The molecule has 4 heteroatoms. The minimum Gasteiger partial charge on any atom is -0.491 e. The van der Waals surface area contributed by atoms with E-state index in [4.69, 9.17) is 15.6 Å². The summed E-state index contributed by atoms with van der Waals surface area (Å²) in [6, 6.07) is 5.77. The van der Waals surface area contributed by atoms with Crippen LogP contribution in [-0.2, 0) is 0 Å². The maximum Gasteiger partial charge on any atom is 0.144 e. The number of anilines is 2. The molecule has 3 N–H and O–H groups in total.